The summed E-state index contributed by atoms with van der Waals surface area (Å²) in [6.07, 6.45) is 1.84. The van der Waals surface area contributed by atoms with E-state index in [9.17, 15) is 4.79 Å². The number of carbonyl (C=O) groups excluding carboxylic acids is 1. The van der Waals surface area contributed by atoms with Crippen LogP contribution in [0.15, 0.2) is 72.0 Å². The number of hydrogen-bond acceptors (Lipinski definition) is 4. The van der Waals surface area contributed by atoms with Crippen molar-refractivity contribution in [2.75, 3.05) is 12.4 Å². The highest BCUT2D eigenvalue weighted by Crippen LogP contribution is 2.29. The number of aromatic nitrogens is 2. The summed E-state index contributed by atoms with van der Waals surface area (Å²) in [5.74, 6) is 0.0118. The molecule has 0 fully saturated rings. The molecule has 1 heterocycles. The Balaban J connectivity index is 1.98. The molecule has 3 rings (SSSR count). The quantitative estimate of drug-likeness (QED) is 0.499. The summed E-state index contributed by atoms with van der Waals surface area (Å²) in [5, 5.41) is 0.771. The number of benzene rings is 2. The van der Waals surface area contributed by atoms with Crippen LogP contribution in [-0.2, 0) is 9.53 Å². The van der Waals surface area contributed by atoms with Crippen molar-refractivity contribution in [2.24, 2.45) is 0 Å². The number of imidazole rings is 1. The Morgan fingerprint density at radius 2 is 1.75 bits per heavy atom. The van der Waals surface area contributed by atoms with E-state index >= 15 is 0 Å². The Kier molecular flexibility index (Phi) is 5.33. The second-order valence-electron chi connectivity index (χ2n) is 5.06. The van der Waals surface area contributed by atoms with Gasteiger partial charge >= 0.3 is 5.97 Å². The van der Waals surface area contributed by atoms with Gasteiger partial charge in [-0.2, -0.15) is 0 Å². The predicted molar refractivity (Wildman–Crippen MR) is 96.4 cm³/mol. The summed E-state index contributed by atoms with van der Waals surface area (Å²) in [6, 6.07) is 20.1. The molecule has 0 atom stereocenters. The minimum absolute atomic E-state index is 0.230. The number of carbonyl (C=O) groups is 1. The third kappa shape index (κ3) is 3.68. The van der Waals surface area contributed by atoms with Crippen LogP contribution < -0.4 is 0 Å². The molecule has 0 saturated carbocycles. The van der Waals surface area contributed by atoms with Crippen molar-refractivity contribution in [2.45, 2.75) is 12.1 Å². The number of nitrogens with zero attached hydrogens (tertiary/aromatic N) is 2. The van der Waals surface area contributed by atoms with Crippen molar-refractivity contribution in [3.05, 3.63) is 66.9 Å². The summed E-state index contributed by atoms with van der Waals surface area (Å²) in [5.41, 5.74) is 3.09. The van der Waals surface area contributed by atoms with E-state index in [1.807, 2.05) is 54.7 Å². The van der Waals surface area contributed by atoms with Crippen molar-refractivity contribution >= 4 is 17.7 Å². The maximum Gasteiger partial charge on any atom is 0.316 e. The molecule has 0 bridgehead atoms. The van der Waals surface area contributed by atoms with Crippen LogP contribution in [0, 0.1) is 0 Å². The SMILES string of the molecule is CCOC(=O)CSc1ncc(-c2ccccc2)n1-c1ccccc1. The Morgan fingerprint density at radius 1 is 1.08 bits per heavy atom. The van der Waals surface area contributed by atoms with Gasteiger partial charge in [-0.15, -0.1) is 0 Å². The Hall–Kier alpha value is -2.53. The first-order valence-electron chi connectivity index (χ1n) is 7.76. The molecule has 3 aromatic rings. The van der Waals surface area contributed by atoms with Gasteiger partial charge in [0.05, 0.1) is 24.3 Å². The van der Waals surface area contributed by atoms with Gasteiger partial charge in [0, 0.05) is 11.3 Å². The molecule has 0 amide bonds. The minimum Gasteiger partial charge on any atom is -0.465 e. The van der Waals surface area contributed by atoms with Crippen LogP contribution in [0.3, 0.4) is 0 Å². The molecular formula is C19H18N2O2S. The largest absolute Gasteiger partial charge is 0.465 e. The van der Waals surface area contributed by atoms with E-state index in [0.29, 0.717) is 6.61 Å². The zero-order chi connectivity index (χ0) is 16.8. The van der Waals surface area contributed by atoms with Crippen LogP contribution in [-0.4, -0.2) is 27.9 Å². The van der Waals surface area contributed by atoms with Gasteiger partial charge in [0.15, 0.2) is 5.16 Å². The lowest BCUT2D eigenvalue weighted by atomic mass is 10.1. The highest BCUT2D eigenvalue weighted by Gasteiger charge is 2.15. The third-order valence-corrected chi connectivity index (χ3v) is 4.36. The third-order valence-electron chi connectivity index (χ3n) is 3.44. The van der Waals surface area contributed by atoms with Gasteiger partial charge in [-0.05, 0) is 19.1 Å². The normalized spacial score (nSPS) is 10.5. The molecule has 24 heavy (non-hydrogen) atoms. The highest BCUT2D eigenvalue weighted by atomic mass is 32.2. The van der Waals surface area contributed by atoms with E-state index in [2.05, 4.69) is 21.7 Å². The van der Waals surface area contributed by atoms with Crippen molar-refractivity contribution < 1.29 is 9.53 Å². The first-order chi connectivity index (χ1) is 11.8. The monoisotopic (exact) mass is 338 g/mol. The summed E-state index contributed by atoms with van der Waals surface area (Å²) in [6.45, 7) is 2.20. The molecule has 0 radical (unpaired) electrons. The van der Waals surface area contributed by atoms with Crippen LogP contribution >= 0.6 is 11.8 Å². The number of esters is 1. The van der Waals surface area contributed by atoms with Gasteiger partial charge in [-0.1, -0.05) is 60.3 Å². The van der Waals surface area contributed by atoms with Gasteiger partial charge in [0.2, 0.25) is 0 Å². The second kappa shape index (κ2) is 7.84. The van der Waals surface area contributed by atoms with Crippen LogP contribution in [0.25, 0.3) is 16.9 Å². The van der Waals surface area contributed by atoms with E-state index in [1.54, 1.807) is 6.92 Å². The highest BCUT2D eigenvalue weighted by molar-refractivity contribution is 7.99. The smallest absolute Gasteiger partial charge is 0.316 e. The average Bonchev–Trinajstić information content (AvgIpc) is 3.06. The minimum atomic E-state index is -0.230. The molecule has 2 aromatic carbocycles. The Bertz CT molecular complexity index is 801. The van der Waals surface area contributed by atoms with Crippen LogP contribution in [0.1, 0.15) is 6.92 Å². The lowest BCUT2D eigenvalue weighted by Crippen LogP contribution is -2.08. The molecule has 0 saturated heterocycles. The van der Waals surface area contributed by atoms with Crippen molar-refractivity contribution in [3.63, 3.8) is 0 Å². The predicted octanol–water partition coefficient (Wildman–Crippen LogP) is 4.19. The molecule has 122 valence electrons. The topological polar surface area (TPSA) is 44.1 Å². The fraction of sp³-hybridized carbons (Fsp3) is 0.158. The molecule has 0 unspecified atom stereocenters. The van der Waals surface area contributed by atoms with Crippen molar-refractivity contribution in [1.82, 2.24) is 9.55 Å². The maximum atomic E-state index is 11.7. The number of para-hydroxylation sites is 1. The van der Waals surface area contributed by atoms with E-state index in [4.69, 9.17) is 4.74 Å². The fourth-order valence-electron chi connectivity index (χ4n) is 2.40. The molecular weight excluding hydrogens is 320 g/mol. The number of rotatable bonds is 6. The molecule has 0 aliphatic rings. The number of ether oxygens (including phenoxy) is 1. The zero-order valence-electron chi connectivity index (χ0n) is 13.4. The molecule has 0 aliphatic carbocycles. The van der Waals surface area contributed by atoms with Gasteiger partial charge in [-0.25, -0.2) is 4.98 Å². The molecule has 0 N–H and O–H groups in total. The van der Waals surface area contributed by atoms with Crippen molar-refractivity contribution in [3.8, 4) is 16.9 Å². The molecule has 4 nitrogen and oxygen atoms in total. The van der Waals surface area contributed by atoms with Crippen LogP contribution in [0.4, 0.5) is 0 Å². The van der Waals surface area contributed by atoms with E-state index in [-0.39, 0.29) is 11.7 Å². The average molecular weight is 338 g/mol. The molecule has 0 spiro atoms. The molecule has 1 aromatic heterocycles. The summed E-state index contributed by atoms with van der Waals surface area (Å²) in [4.78, 5) is 16.2. The lowest BCUT2D eigenvalue weighted by Gasteiger charge is -2.12. The summed E-state index contributed by atoms with van der Waals surface area (Å²) in [7, 11) is 0. The zero-order valence-corrected chi connectivity index (χ0v) is 14.2. The van der Waals surface area contributed by atoms with Gasteiger partial charge in [0.1, 0.15) is 0 Å². The van der Waals surface area contributed by atoms with Gasteiger partial charge in [0.25, 0.3) is 0 Å². The summed E-state index contributed by atoms with van der Waals surface area (Å²) < 4.78 is 7.07. The van der Waals surface area contributed by atoms with Crippen LogP contribution in [0.5, 0.6) is 0 Å². The second-order valence-corrected chi connectivity index (χ2v) is 6.00. The standard InChI is InChI=1S/C19H18N2O2S/c1-2-23-18(22)14-24-19-20-13-17(15-9-5-3-6-10-15)21(19)16-11-7-4-8-12-16/h3-13H,2,14H2,1H3. The number of hydrogen-bond donors (Lipinski definition) is 0. The Morgan fingerprint density at radius 3 is 2.42 bits per heavy atom. The summed E-state index contributed by atoms with van der Waals surface area (Å²) >= 11 is 1.38. The van der Waals surface area contributed by atoms with Gasteiger partial charge < -0.3 is 4.74 Å². The Labute approximate surface area is 145 Å². The van der Waals surface area contributed by atoms with E-state index < -0.39 is 0 Å². The molecule has 5 heteroatoms. The fourth-order valence-corrected chi connectivity index (χ4v) is 3.19. The van der Waals surface area contributed by atoms with Gasteiger partial charge in [-0.3, -0.25) is 9.36 Å². The first-order valence-corrected chi connectivity index (χ1v) is 8.75. The maximum absolute atomic E-state index is 11.7. The molecule has 0 aliphatic heterocycles. The lowest BCUT2D eigenvalue weighted by molar-refractivity contribution is -0.139. The first kappa shape index (κ1) is 16.3. The van der Waals surface area contributed by atoms with E-state index in [0.717, 1.165) is 22.1 Å². The van der Waals surface area contributed by atoms with Crippen LogP contribution in [0.2, 0.25) is 0 Å². The number of thioether (sulfide) groups is 1. The van der Waals surface area contributed by atoms with E-state index in [1.165, 1.54) is 11.8 Å². The van der Waals surface area contributed by atoms with Crippen molar-refractivity contribution in [1.29, 1.82) is 0 Å².